The van der Waals surface area contributed by atoms with Crippen molar-refractivity contribution in [2.45, 2.75) is 24.2 Å². The first-order chi connectivity index (χ1) is 9.00. The van der Waals surface area contributed by atoms with Crippen LogP contribution in [0.25, 0.3) is 0 Å². The Morgan fingerprint density at radius 3 is 2.79 bits per heavy atom. The van der Waals surface area contributed by atoms with Gasteiger partial charge in [0.05, 0.1) is 7.11 Å². The van der Waals surface area contributed by atoms with Crippen LogP contribution in [-0.2, 0) is 16.3 Å². The van der Waals surface area contributed by atoms with Crippen molar-refractivity contribution in [3.63, 3.8) is 0 Å². The maximum absolute atomic E-state index is 11.6. The molecule has 0 saturated carbocycles. The average molecular weight is 283 g/mol. The minimum Gasteiger partial charge on any atom is -0.495 e. The summed E-state index contributed by atoms with van der Waals surface area (Å²) in [7, 11) is -1.72. The van der Waals surface area contributed by atoms with Gasteiger partial charge in [0.1, 0.15) is 10.6 Å². The van der Waals surface area contributed by atoms with Crippen LogP contribution < -0.4 is 10.1 Å². The SMILES string of the molecule is COc1cc(CC2CCCNC2)ccc1S(C)(=O)=O. The van der Waals surface area contributed by atoms with Gasteiger partial charge in [-0.1, -0.05) is 6.07 Å². The molecule has 19 heavy (non-hydrogen) atoms. The zero-order valence-corrected chi connectivity index (χ0v) is 12.3. The Labute approximate surface area is 115 Å². The van der Waals surface area contributed by atoms with Gasteiger partial charge in [0, 0.05) is 6.26 Å². The lowest BCUT2D eigenvalue weighted by molar-refractivity contribution is 0.373. The van der Waals surface area contributed by atoms with E-state index >= 15 is 0 Å². The van der Waals surface area contributed by atoms with Gasteiger partial charge in [-0.2, -0.15) is 0 Å². The number of hydrogen-bond acceptors (Lipinski definition) is 4. The minimum atomic E-state index is -3.23. The molecule has 1 N–H and O–H groups in total. The van der Waals surface area contributed by atoms with E-state index in [0.717, 1.165) is 25.1 Å². The number of piperidine rings is 1. The number of sulfone groups is 1. The van der Waals surface area contributed by atoms with Gasteiger partial charge in [0.15, 0.2) is 9.84 Å². The minimum absolute atomic E-state index is 0.264. The fraction of sp³-hybridized carbons (Fsp3) is 0.571. The molecule has 1 aliphatic heterocycles. The molecule has 0 radical (unpaired) electrons. The normalized spacial score (nSPS) is 20.2. The molecular formula is C14H21NO3S. The highest BCUT2D eigenvalue weighted by atomic mass is 32.2. The van der Waals surface area contributed by atoms with Gasteiger partial charge in [-0.05, 0) is 56.0 Å². The molecule has 5 heteroatoms. The standard InChI is InChI=1S/C14H21NO3S/c1-18-13-9-11(5-6-14(13)19(2,16)17)8-12-4-3-7-15-10-12/h5-6,9,12,15H,3-4,7-8,10H2,1-2H3. The zero-order valence-electron chi connectivity index (χ0n) is 11.5. The van der Waals surface area contributed by atoms with Crippen LogP contribution in [0, 0.1) is 5.92 Å². The summed E-state index contributed by atoms with van der Waals surface area (Å²) in [5.74, 6) is 1.08. The number of benzene rings is 1. The number of rotatable bonds is 4. The summed E-state index contributed by atoms with van der Waals surface area (Å²) < 4.78 is 28.5. The summed E-state index contributed by atoms with van der Waals surface area (Å²) in [6, 6.07) is 5.40. The van der Waals surface area contributed by atoms with Gasteiger partial charge < -0.3 is 10.1 Å². The molecule has 1 unspecified atom stereocenters. The molecule has 0 amide bonds. The fourth-order valence-corrected chi connectivity index (χ4v) is 3.40. The Morgan fingerprint density at radius 1 is 1.42 bits per heavy atom. The van der Waals surface area contributed by atoms with Crippen molar-refractivity contribution in [2.24, 2.45) is 5.92 Å². The summed E-state index contributed by atoms with van der Waals surface area (Å²) in [5, 5.41) is 3.39. The zero-order chi connectivity index (χ0) is 13.9. The highest BCUT2D eigenvalue weighted by molar-refractivity contribution is 7.90. The van der Waals surface area contributed by atoms with Crippen LogP contribution in [0.5, 0.6) is 5.75 Å². The molecule has 2 rings (SSSR count). The smallest absolute Gasteiger partial charge is 0.179 e. The summed E-state index contributed by atoms with van der Waals surface area (Å²) in [4.78, 5) is 0.264. The second-order valence-corrected chi connectivity index (χ2v) is 7.16. The first-order valence-corrected chi connectivity index (χ1v) is 8.47. The molecular weight excluding hydrogens is 262 g/mol. The van der Waals surface area contributed by atoms with Gasteiger partial charge in [-0.25, -0.2) is 8.42 Å². The third-order valence-electron chi connectivity index (χ3n) is 3.55. The third-order valence-corrected chi connectivity index (χ3v) is 4.69. The van der Waals surface area contributed by atoms with E-state index < -0.39 is 9.84 Å². The van der Waals surface area contributed by atoms with E-state index in [-0.39, 0.29) is 4.90 Å². The van der Waals surface area contributed by atoms with Crippen LogP contribution in [0.15, 0.2) is 23.1 Å². The lowest BCUT2D eigenvalue weighted by atomic mass is 9.92. The van der Waals surface area contributed by atoms with Gasteiger partial charge in [-0.15, -0.1) is 0 Å². The lowest BCUT2D eigenvalue weighted by Crippen LogP contribution is -2.30. The molecule has 1 fully saturated rings. The van der Waals surface area contributed by atoms with Crippen molar-refractivity contribution in [2.75, 3.05) is 26.5 Å². The van der Waals surface area contributed by atoms with E-state index in [2.05, 4.69) is 5.32 Å². The second kappa shape index (κ2) is 5.92. The average Bonchev–Trinajstić information content (AvgIpc) is 2.38. The Morgan fingerprint density at radius 2 is 2.21 bits per heavy atom. The Kier molecular flexibility index (Phi) is 4.47. The molecule has 0 spiro atoms. The van der Waals surface area contributed by atoms with Gasteiger partial charge in [0.25, 0.3) is 0 Å². The number of ether oxygens (including phenoxy) is 1. The maximum Gasteiger partial charge on any atom is 0.179 e. The van der Waals surface area contributed by atoms with Crippen molar-refractivity contribution in [3.05, 3.63) is 23.8 Å². The lowest BCUT2D eigenvalue weighted by Gasteiger charge is -2.23. The highest BCUT2D eigenvalue weighted by Gasteiger charge is 2.17. The van der Waals surface area contributed by atoms with Crippen LogP contribution >= 0.6 is 0 Å². The van der Waals surface area contributed by atoms with Crippen LogP contribution in [0.1, 0.15) is 18.4 Å². The Hall–Kier alpha value is -1.07. The molecule has 1 aliphatic rings. The van der Waals surface area contributed by atoms with Gasteiger partial charge in [-0.3, -0.25) is 0 Å². The van der Waals surface area contributed by atoms with E-state index in [4.69, 9.17) is 4.74 Å². The fourth-order valence-electron chi connectivity index (χ4n) is 2.58. The first-order valence-electron chi connectivity index (χ1n) is 6.58. The van der Waals surface area contributed by atoms with Gasteiger partial charge >= 0.3 is 0 Å². The summed E-state index contributed by atoms with van der Waals surface area (Å²) in [5.41, 5.74) is 1.14. The van der Waals surface area contributed by atoms with E-state index in [1.807, 2.05) is 12.1 Å². The Balaban J connectivity index is 2.19. The monoisotopic (exact) mass is 283 g/mol. The predicted octanol–water partition coefficient (Wildman–Crippen LogP) is 1.64. The molecule has 0 aliphatic carbocycles. The number of nitrogens with one attached hydrogen (secondary N) is 1. The molecule has 1 saturated heterocycles. The Bertz CT molecular complexity index is 534. The van der Waals surface area contributed by atoms with Crippen molar-refractivity contribution in [1.82, 2.24) is 5.32 Å². The molecule has 1 atom stereocenters. The first kappa shape index (κ1) is 14.3. The second-order valence-electron chi connectivity index (χ2n) is 5.17. The summed E-state index contributed by atoms with van der Waals surface area (Å²) in [6.07, 6.45) is 4.61. The van der Waals surface area contributed by atoms with Crippen molar-refractivity contribution in [1.29, 1.82) is 0 Å². The van der Waals surface area contributed by atoms with Crippen LogP contribution in [0.4, 0.5) is 0 Å². The molecule has 0 aromatic heterocycles. The maximum atomic E-state index is 11.6. The van der Waals surface area contributed by atoms with Crippen LogP contribution in [0.3, 0.4) is 0 Å². The van der Waals surface area contributed by atoms with Crippen molar-refractivity contribution < 1.29 is 13.2 Å². The quantitative estimate of drug-likeness (QED) is 0.912. The van der Waals surface area contributed by atoms with Crippen LogP contribution in [-0.4, -0.2) is 34.9 Å². The molecule has 1 aromatic rings. The topological polar surface area (TPSA) is 55.4 Å². The molecule has 1 aromatic carbocycles. The molecule has 4 nitrogen and oxygen atoms in total. The molecule has 0 bridgehead atoms. The van der Waals surface area contributed by atoms with Gasteiger partial charge in [0.2, 0.25) is 0 Å². The van der Waals surface area contributed by atoms with Crippen molar-refractivity contribution >= 4 is 9.84 Å². The molecule has 1 heterocycles. The summed E-state index contributed by atoms with van der Waals surface area (Å²) >= 11 is 0. The third kappa shape index (κ3) is 3.70. The highest BCUT2D eigenvalue weighted by Crippen LogP contribution is 2.27. The van der Waals surface area contributed by atoms with Crippen LogP contribution in [0.2, 0.25) is 0 Å². The number of methoxy groups -OCH3 is 1. The number of hydrogen-bond donors (Lipinski definition) is 1. The van der Waals surface area contributed by atoms with E-state index in [1.165, 1.54) is 26.2 Å². The van der Waals surface area contributed by atoms with E-state index in [0.29, 0.717) is 11.7 Å². The summed E-state index contributed by atoms with van der Waals surface area (Å²) in [6.45, 7) is 2.14. The van der Waals surface area contributed by atoms with E-state index in [1.54, 1.807) is 6.07 Å². The van der Waals surface area contributed by atoms with Crippen molar-refractivity contribution in [3.8, 4) is 5.75 Å². The largest absolute Gasteiger partial charge is 0.495 e. The predicted molar refractivity (Wildman–Crippen MR) is 75.4 cm³/mol. The van der Waals surface area contributed by atoms with E-state index in [9.17, 15) is 8.42 Å². The molecule has 106 valence electrons.